The maximum absolute atomic E-state index is 12.7. The van der Waals surface area contributed by atoms with Crippen molar-refractivity contribution in [2.45, 2.75) is 12.7 Å². The van der Waals surface area contributed by atoms with E-state index in [2.05, 4.69) is 30.6 Å². The van der Waals surface area contributed by atoms with Gasteiger partial charge in [-0.2, -0.15) is 18.2 Å². The van der Waals surface area contributed by atoms with Crippen LogP contribution < -0.4 is 10.6 Å². The number of halogens is 3. The molecule has 0 fully saturated rings. The van der Waals surface area contributed by atoms with Crippen molar-refractivity contribution < 1.29 is 13.2 Å². The van der Waals surface area contributed by atoms with Crippen LogP contribution in [0.15, 0.2) is 55.1 Å². The van der Waals surface area contributed by atoms with Crippen LogP contribution in [0.25, 0.3) is 0 Å². The molecule has 0 bridgehead atoms. The number of aromatic nitrogens is 4. The minimum Gasteiger partial charge on any atom is -0.366 e. The molecule has 0 spiro atoms. The predicted octanol–water partition coefficient (Wildman–Crippen LogP) is 3.64. The second kappa shape index (κ2) is 7.12. The third-order valence-electron chi connectivity index (χ3n) is 3.19. The first kappa shape index (κ1) is 16.6. The van der Waals surface area contributed by atoms with Crippen molar-refractivity contribution in [1.29, 1.82) is 0 Å². The highest BCUT2D eigenvalue weighted by Crippen LogP contribution is 2.29. The standard InChI is InChI=1S/C16H13F3N6/c17-16(18,19)12-3-1-2-11(8-12)9-23-13-4-5-22-15(24-13)25-14-10-20-6-7-21-14/h1-8,10H,9H2,(H2,21,22,23,24,25). The molecule has 25 heavy (non-hydrogen) atoms. The summed E-state index contributed by atoms with van der Waals surface area (Å²) in [6, 6.07) is 6.75. The summed E-state index contributed by atoms with van der Waals surface area (Å²) in [6.45, 7) is 0.200. The van der Waals surface area contributed by atoms with E-state index in [1.54, 1.807) is 18.3 Å². The molecule has 0 aliphatic rings. The fourth-order valence-corrected chi connectivity index (χ4v) is 2.05. The second-order valence-electron chi connectivity index (χ2n) is 5.03. The lowest BCUT2D eigenvalue weighted by molar-refractivity contribution is -0.137. The maximum Gasteiger partial charge on any atom is 0.416 e. The molecule has 2 heterocycles. The van der Waals surface area contributed by atoms with Crippen molar-refractivity contribution in [1.82, 2.24) is 19.9 Å². The van der Waals surface area contributed by atoms with Gasteiger partial charge in [-0.1, -0.05) is 12.1 Å². The van der Waals surface area contributed by atoms with Gasteiger partial charge in [0.05, 0.1) is 11.8 Å². The highest BCUT2D eigenvalue weighted by molar-refractivity contribution is 5.49. The lowest BCUT2D eigenvalue weighted by Crippen LogP contribution is -2.08. The summed E-state index contributed by atoms with van der Waals surface area (Å²) < 4.78 is 38.2. The first-order chi connectivity index (χ1) is 12.0. The predicted molar refractivity (Wildman–Crippen MR) is 86.1 cm³/mol. The van der Waals surface area contributed by atoms with Crippen LogP contribution in [0.5, 0.6) is 0 Å². The largest absolute Gasteiger partial charge is 0.416 e. The summed E-state index contributed by atoms with van der Waals surface area (Å²) in [7, 11) is 0. The third-order valence-corrected chi connectivity index (χ3v) is 3.19. The summed E-state index contributed by atoms with van der Waals surface area (Å²) in [5.41, 5.74) is -0.184. The molecule has 0 aliphatic heterocycles. The topological polar surface area (TPSA) is 75.6 Å². The van der Waals surface area contributed by atoms with E-state index in [9.17, 15) is 13.2 Å². The Hall–Kier alpha value is -3.23. The van der Waals surface area contributed by atoms with Gasteiger partial charge < -0.3 is 10.6 Å². The molecule has 1 aromatic carbocycles. The maximum atomic E-state index is 12.7. The molecule has 2 N–H and O–H groups in total. The highest BCUT2D eigenvalue weighted by Gasteiger charge is 2.30. The van der Waals surface area contributed by atoms with Crippen molar-refractivity contribution in [3.63, 3.8) is 0 Å². The molecule has 3 aromatic rings. The van der Waals surface area contributed by atoms with Crippen molar-refractivity contribution in [2.24, 2.45) is 0 Å². The van der Waals surface area contributed by atoms with Gasteiger partial charge in [0.15, 0.2) is 5.82 Å². The van der Waals surface area contributed by atoms with Gasteiger partial charge >= 0.3 is 6.18 Å². The summed E-state index contributed by atoms with van der Waals surface area (Å²) in [6.07, 6.45) is 1.75. The van der Waals surface area contributed by atoms with Crippen LogP contribution in [0, 0.1) is 0 Å². The molecule has 2 aromatic heterocycles. The fourth-order valence-electron chi connectivity index (χ4n) is 2.05. The minimum atomic E-state index is -4.36. The van der Waals surface area contributed by atoms with Gasteiger partial charge in [-0.3, -0.25) is 4.98 Å². The molecule has 0 aliphatic carbocycles. The molecule has 0 saturated heterocycles. The lowest BCUT2D eigenvalue weighted by Gasteiger charge is -2.10. The van der Waals surface area contributed by atoms with Gasteiger partial charge in [0, 0.05) is 25.1 Å². The van der Waals surface area contributed by atoms with Gasteiger partial charge in [-0.25, -0.2) is 9.97 Å². The average Bonchev–Trinajstić information content (AvgIpc) is 2.61. The van der Waals surface area contributed by atoms with E-state index >= 15 is 0 Å². The number of hydrogen-bond acceptors (Lipinski definition) is 6. The van der Waals surface area contributed by atoms with E-state index in [1.807, 2.05) is 0 Å². The van der Waals surface area contributed by atoms with Gasteiger partial charge in [-0.05, 0) is 23.8 Å². The molecule has 0 amide bonds. The summed E-state index contributed by atoms with van der Waals surface area (Å²) in [5, 5.41) is 5.86. The Bertz CT molecular complexity index is 839. The molecular formula is C16H13F3N6. The van der Waals surface area contributed by atoms with Crippen LogP contribution in [0.2, 0.25) is 0 Å². The van der Waals surface area contributed by atoms with Gasteiger partial charge in [0.25, 0.3) is 0 Å². The molecule has 0 unspecified atom stereocenters. The van der Waals surface area contributed by atoms with Crippen LogP contribution in [0.4, 0.5) is 30.8 Å². The number of anilines is 3. The molecule has 0 radical (unpaired) electrons. The zero-order valence-corrected chi connectivity index (χ0v) is 12.8. The average molecular weight is 346 g/mol. The Morgan fingerprint density at radius 2 is 1.84 bits per heavy atom. The van der Waals surface area contributed by atoms with Crippen molar-refractivity contribution in [3.8, 4) is 0 Å². The van der Waals surface area contributed by atoms with Gasteiger partial charge in [0.2, 0.25) is 5.95 Å². The number of rotatable bonds is 5. The van der Waals surface area contributed by atoms with Gasteiger partial charge in [-0.15, -0.1) is 0 Å². The number of alkyl halides is 3. The number of hydrogen-bond donors (Lipinski definition) is 2. The molecule has 6 nitrogen and oxygen atoms in total. The van der Waals surface area contributed by atoms with E-state index in [0.29, 0.717) is 23.1 Å². The van der Waals surface area contributed by atoms with Crippen LogP contribution in [0.1, 0.15) is 11.1 Å². The highest BCUT2D eigenvalue weighted by atomic mass is 19.4. The Morgan fingerprint density at radius 3 is 2.60 bits per heavy atom. The summed E-state index contributed by atoms with van der Waals surface area (Å²) >= 11 is 0. The molecular weight excluding hydrogens is 333 g/mol. The number of nitrogens with one attached hydrogen (secondary N) is 2. The van der Waals surface area contributed by atoms with Crippen LogP contribution in [-0.4, -0.2) is 19.9 Å². The second-order valence-corrected chi connectivity index (χ2v) is 5.03. The lowest BCUT2D eigenvalue weighted by atomic mass is 10.1. The van der Waals surface area contributed by atoms with E-state index < -0.39 is 11.7 Å². The molecule has 9 heteroatoms. The van der Waals surface area contributed by atoms with E-state index in [4.69, 9.17) is 0 Å². The molecule has 128 valence electrons. The Kier molecular flexibility index (Phi) is 4.73. The molecule has 3 rings (SSSR count). The third kappa shape index (κ3) is 4.63. The minimum absolute atomic E-state index is 0.200. The normalized spacial score (nSPS) is 11.2. The molecule has 0 saturated carbocycles. The first-order valence-corrected chi connectivity index (χ1v) is 7.27. The Morgan fingerprint density at radius 1 is 0.960 bits per heavy atom. The van der Waals surface area contributed by atoms with Crippen LogP contribution >= 0.6 is 0 Å². The SMILES string of the molecule is FC(F)(F)c1cccc(CNc2ccnc(Nc3cnccn3)n2)c1. The smallest absolute Gasteiger partial charge is 0.366 e. The Balaban J connectivity index is 1.67. The quantitative estimate of drug-likeness (QED) is 0.735. The number of benzene rings is 1. The van der Waals surface area contributed by atoms with E-state index in [1.165, 1.54) is 24.7 Å². The Labute approximate surface area is 141 Å². The first-order valence-electron chi connectivity index (χ1n) is 7.27. The van der Waals surface area contributed by atoms with Crippen molar-refractivity contribution in [3.05, 3.63) is 66.2 Å². The summed E-state index contributed by atoms with van der Waals surface area (Å²) in [4.78, 5) is 16.3. The van der Waals surface area contributed by atoms with Crippen LogP contribution in [-0.2, 0) is 12.7 Å². The zero-order chi connectivity index (χ0) is 17.7. The van der Waals surface area contributed by atoms with Crippen molar-refractivity contribution in [2.75, 3.05) is 10.6 Å². The van der Waals surface area contributed by atoms with E-state index in [-0.39, 0.29) is 6.54 Å². The van der Waals surface area contributed by atoms with Gasteiger partial charge in [0.1, 0.15) is 5.82 Å². The van der Waals surface area contributed by atoms with Crippen molar-refractivity contribution >= 4 is 17.6 Å². The zero-order valence-electron chi connectivity index (χ0n) is 12.8. The van der Waals surface area contributed by atoms with Crippen LogP contribution in [0.3, 0.4) is 0 Å². The monoisotopic (exact) mass is 346 g/mol. The number of nitrogens with zero attached hydrogens (tertiary/aromatic N) is 4. The summed E-state index contributed by atoms with van der Waals surface area (Å²) in [5.74, 6) is 1.26. The molecule has 0 atom stereocenters. The fraction of sp³-hybridized carbons (Fsp3) is 0.125. The van der Waals surface area contributed by atoms with E-state index in [0.717, 1.165) is 12.1 Å².